The van der Waals surface area contributed by atoms with Crippen molar-refractivity contribution in [2.75, 3.05) is 21.2 Å². The van der Waals surface area contributed by atoms with Gasteiger partial charge in [0.1, 0.15) is 11.5 Å². The Morgan fingerprint density at radius 3 is 2.43 bits per heavy atom. The van der Waals surface area contributed by atoms with Crippen molar-refractivity contribution in [1.29, 1.82) is 0 Å². The van der Waals surface area contributed by atoms with Gasteiger partial charge in [-0.05, 0) is 24.3 Å². The fraction of sp³-hybridized carbons (Fsp3) is 0.188. The summed E-state index contributed by atoms with van der Waals surface area (Å²) in [6, 6.07) is 9.93. The molecule has 0 heterocycles. The summed E-state index contributed by atoms with van der Waals surface area (Å²) in [5, 5.41) is 9.46. The Labute approximate surface area is 135 Å². The molecule has 1 N–H and O–H groups in total. The number of phenolic OH excluding ortho intramolecular Hbond substituents is 1. The van der Waals surface area contributed by atoms with E-state index in [9.17, 15) is 18.3 Å². The predicted octanol–water partition coefficient (Wildman–Crippen LogP) is 1.88. The number of hydrogen-bond donors (Lipinski definition) is 1. The molecule has 0 saturated heterocycles. The Morgan fingerprint density at radius 2 is 1.83 bits per heavy atom. The summed E-state index contributed by atoms with van der Waals surface area (Å²) in [5.74, 6) is -0.198. The molecule has 6 nitrogen and oxygen atoms in total. The van der Waals surface area contributed by atoms with Crippen molar-refractivity contribution in [2.45, 2.75) is 4.90 Å². The van der Waals surface area contributed by atoms with E-state index in [1.807, 2.05) is 0 Å². The molecule has 0 fully saturated rings. The predicted molar refractivity (Wildman–Crippen MR) is 85.4 cm³/mol. The summed E-state index contributed by atoms with van der Waals surface area (Å²) in [7, 11) is 0.607. The van der Waals surface area contributed by atoms with E-state index in [1.165, 1.54) is 63.7 Å². The average molecular weight is 335 g/mol. The first-order valence-electron chi connectivity index (χ1n) is 6.71. The van der Waals surface area contributed by atoms with Crippen molar-refractivity contribution in [3.63, 3.8) is 0 Å². The van der Waals surface area contributed by atoms with Crippen LogP contribution < -0.4 is 4.74 Å². The van der Waals surface area contributed by atoms with Crippen LogP contribution >= 0.6 is 0 Å². The first-order valence-corrected chi connectivity index (χ1v) is 8.15. The van der Waals surface area contributed by atoms with E-state index < -0.39 is 15.8 Å². The highest BCUT2D eigenvalue weighted by atomic mass is 32.2. The van der Waals surface area contributed by atoms with Crippen molar-refractivity contribution in [1.82, 2.24) is 4.31 Å². The Kier molecular flexibility index (Phi) is 4.72. The highest BCUT2D eigenvalue weighted by molar-refractivity contribution is 7.89. The summed E-state index contributed by atoms with van der Waals surface area (Å²) < 4.78 is 30.5. The van der Waals surface area contributed by atoms with Gasteiger partial charge < -0.3 is 9.84 Å². The first-order chi connectivity index (χ1) is 10.8. The number of aromatic hydroxyl groups is 1. The minimum Gasteiger partial charge on any atom is -0.508 e. The van der Waals surface area contributed by atoms with Crippen LogP contribution in [0.2, 0.25) is 0 Å². The maximum Gasteiger partial charge on any atom is 0.242 e. The van der Waals surface area contributed by atoms with E-state index in [2.05, 4.69) is 0 Å². The molecule has 2 aromatic carbocycles. The minimum absolute atomic E-state index is 0.0256. The number of methoxy groups -OCH3 is 1. The molecule has 122 valence electrons. The minimum atomic E-state index is -3.63. The third-order valence-electron chi connectivity index (χ3n) is 3.30. The molecule has 2 aromatic rings. The summed E-state index contributed by atoms with van der Waals surface area (Å²) in [5.41, 5.74) is 0.460. The molecular formula is C16H17NO5S. The number of ether oxygens (including phenoxy) is 1. The normalized spacial score (nSPS) is 11.5. The summed E-state index contributed by atoms with van der Waals surface area (Å²) >= 11 is 0. The molecule has 0 bridgehead atoms. The van der Waals surface area contributed by atoms with Gasteiger partial charge >= 0.3 is 0 Å². The number of benzene rings is 2. The van der Waals surface area contributed by atoms with Crippen molar-refractivity contribution < 1.29 is 23.1 Å². The lowest BCUT2D eigenvalue weighted by atomic mass is 10.0. The molecule has 0 saturated carbocycles. The Bertz CT molecular complexity index is 843. The Morgan fingerprint density at radius 1 is 1.13 bits per heavy atom. The quantitative estimate of drug-likeness (QED) is 0.844. The third-order valence-corrected chi connectivity index (χ3v) is 5.12. The number of rotatable bonds is 5. The van der Waals surface area contributed by atoms with Crippen LogP contribution in [-0.4, -0.2) is 44.8 Å². The molecule has 0 aliphatic rings. The van der Waals surface area contributed by atoms with Gasteiger partial charge in [0.05, 0.1) is 17.6 Å². The Hall–Kier alpha value is -2.38. The second kappa shape index (κ2) is 6.39. The van der Waals surface area contributed by atoms with Crippen LogP contribution in [0.1, 0.15) is 15.9 Å². The molecule has 0 aromatic heterocycles. The summed E-state index contributed by atoms with van der Waals surface area (Å²) in [6.45, 7) is 0. The molecule has 0 aliphatic heterocycles. The standard InChI is InChI=1S/C16H17NO5S/c1-17(2)23(20,21)13-6-4-5-11(9-13)16(19)14-8-7-12(18)10-15(14)22-3/h4-10,18H,1-3H3. The zero-order valence-electron chi connectivity index (χ0n) is 13.0. The SMILES string of the molecule is COc1cc(O)ccc1C(=O)c1cccc(S(=O)(=O)N(C)C)c1. The summed E-state index contributed by atoms with van der Waals surface area (Å²) in [6.07, 6.45) is 0. The van der Waals surface area contributed by atoms with Gasteiger partial charge in [0.25, 0.3) is 0 Å². The number of ketones is 1. The molecule has 0 radical (unpaired) electrons. The maximum absolute atomic E-state index is 12.6. The van der Waals surface area contributed by atoms with Crippen LogP contribution in [0.15, 0.2) is 47.4 Å². The molecule has 23 heavy (non-hydrogen) atoms. The summed E-state index contributed by atoms with van der Waals surface area (Å²) in [4.78, 5) is 12.6. The van der Waals surface area contributed by atoms with Crippen LogP contribution in [0.4, 0.5) is 0 Å². The average Bonchev–Trinajstić information content (AvgIpc) is 2.54. The second-order valence-electron chi connectivity index (χ2n) is 5.03. The van der Waals surface area contributed by atoms with Gasteiger partial charge in [-0.2, -0.15) is 0 Å². The van der Waals surface area contributed by atoms with E-state index in [0.29, 0.717) is 0 Å². The van der Waals surface area contributed by atoms with Crippen LogP contribution in [0.3, 0.4) is 0 Å². The topological polar surface area (TPSA) is 83.9 Å². The number of nitrogens with zero attached hydrogens (tertiary/aromatic N) is 1. The fourth-order valence-electron chi connectivity index (χ4n) is 2.03. The monoisotopic (exact) mass is 335 g/mol. The third kappa shape index (κ3) is 3.35. The van der Waals surface area contributed by atoms with Gasteiger partial charge in [0.15, 0.2) is 5.78 Å². The van der Waals surface area contributed by atoms with E-state index in [1.54, 1.807) is 0 Å². The van der Waals surface area contributed by atoms with Crippen LogP contribution in [-0.2, 0) is 10.0 Å². The number of carbonyl (C=O) groups is 1. The van der Waals surface area contributed by atoms with E-state index in [4.69, 9.17) is 4.74 Å². The fourth-order valence-corrected chi connectivity index (χ4v) is 2.98. The number of hydrogen-bond acceptors (Lipinski definition) is 5. The number of phenols is 1. The molecule has 0 atom stereocenters. The van der Waals surface area contributed by atoms with Gasteiger partial charge in [-0.25, -0.2) is 12.7 Å². The van der Waals surface area contributed by atoms with Gasteiger partial charge in [0.2, 0.25) is 10.0 Å². The van der Waals surface area contributed by atoms with Gasteiger partial charge in [-0.1, -0.05) is 12.1 Å². The van der Waals surface area contributed by atoms with Gasteiger partial charge in [0, 0.05) is 25.7 Å². The maximum atomic E-state index is 12.6. The van der Waals surface area contributed by atoms with Crippen molar-refractivity contribution in [3.8, 4) is 11.5 Å². The lowest BCUT2D eigenvalue weighted by molar-refractivity contribution is 0.103. The van der Waals surface area contributed by atoms with Crippen molar-refractivity contribution >= 4 is 15.8 Å². The van der Waals surface area contributed by atoms with E-state index >= 15 is 0 Å². The first kappa shape index (κ1) is 17.0. The molecule has 0 amide bonds. The Balaban J connectivity index is 2.50. The van der Waals surface area contributed by atoms with Crippen LogP contribution in [0.5, 0.6) is 11.5 Å². The highest BCUT2D eigenvalue weighted by Gasteiger charge is 2.20. The molecule has 0 aliphatic carbocycles. The molecule has 0 spiro atoms. The van der Waals surface area contributed by atoms with Crippen molar-refractivity contribution in [2.24, 2.45) is 0 Å². The number of sulfonamides is 1. The van der Waals surface area contributed by atoms with Crippen LogP contribution in [0.25, 0.3) is 0 Å². The smallest absolute Gasteiger partial charge is 0.242 e. The van der Waals surface area contributed by atoms with Gasteiger partial charge in [-0.3, -0.25) is 4.79 Å². The molecule has 2 rings (SSSR count). The van der Waals surface area contributed by atoms with Crippen LogP contribution in [0, 0.1) is 0 Å². The molecule has 7 heteroatoms. The van der Waals surface area contributed by atoms with Crippen molar-refractivity contribution in [3.05, 3.63) is 53.6 Å². The van der Waals surface area contributed by atoms with E-state index in [-0.39, 0.29) is 27.5 Å². The second-order valence-corrected chi connectivity index (χ2v) is 7.18. The number of carbonyl (C=O) groups excluding carboxylic acids is 1. The lowest BCUT2D eigenvalue weighted by Crippen LogP contribution is -2.22. The lowest BCUT2D eigenvalue weighted by Gasteiger charge is -2.12. The van der Waals surface area contributed by atoms with Gasteiger partial charge in [-0.15, -0.1) is 0 Å². The highest BCUT2D eigenvalue weighted by Crippen LogP contribution is 2.27. The largest absolute Gasteiger partial charge is 0.508 e. The zero-order valence-corrected chi connectivity index (χ0v) is 13.8. The molecular weight excluding hydrogens is 318 g/mol. The zero-order chi connectivity index (χ0) is 17.2. The van der Waals surface area contributed by atoms with E-state index in [0.717, 1.165) is 4.31 Å². The molecule has 0 unspecified atom stereocenters.